The summed E-state index contributed by atoms with van der Waals surface area (Å²) in [5, 5.41) is 1.23. The van der Waals surface area contributed by atoms with Crippen molar-refractivity contribution in [1.82, 2.24) is 0 Å². The maximum Gasteiger partial charge on any atom is 0.0622 e. The fourth-order valence-electron chi connectivity index (χ4n) is 0.735. The average molecular weight is 191 g/mol. The molecular weight excluding hydrogens is 177 g/mol. The fourth-order valence-corrected chi connectivity index (χ4v) is 1.52. The Balaban J connectivity index is 2.75. The van der Waals surface area contributed by atoms with Crippen LogP contribution in [0.2, 0.25) is 0 Å². The normalized spacial score (nSPS) is 11.0. The molecule has 0 fully saturated rings. The molecule has 2 heteroatoms. The zero-order chi connectivity index (χ0) is 9.73. The van der Waals surface area contributed by atoms with Gasteiger partial charge in [0.15, 0.2) is 0 Å². The van der Waals surface area contributed by atoms with E-state index in [2.05, 4.69) is 43.5 Å². The minimum atomic E-state index is -0.0121. The largest absolute Gasteiger partial charge is 0.233 e. The van der Waals surface area contributed by atoms with Gasteiger partial charge in [0.05, 0.1) is 5.54 Å². The SMILES string of the molecule is CC(C)(C)N=C=Pc1ccccc1. The third kappa shape index (κ3) is 4.62. The van der Waals surface area contributed by atoms with Crippen LogP contribution in [0.5, 0.6) is 0 Å². The smallest absolute Gasteiger partial charge is 0.0622 e. The van der Waals surface area contributed by atoms with Crippen molar-refractivity contribution in [2.75, 3.05) is 0 Å². The first-order chi connectivity index (χ1) is 6.08. The molecule has 0 heterocycles. The fraction of sp³-hybridized carbons (Fsp3) is 0.364. The maximum atomic E-state index is 4.29. The Kier molecular flexibility index (Phi) is 3.42. The van der Waals surface area contributed by atoms with E-state index in [-0.39, 0.29) is 5.54 Å². The standard InChI is InChI=1S/C11H14NP/c1-11(2,3)12-9-13-10-7-5-4-6-8-10/h4-8H,1-3H3. The molecule has 68 valence electrons. The second-order valence-corrected chi connectivity index (χ2v) is 4.77. The predicted octanol–water partition coefficient (Wildman–Crippen LogP) is 2.96. The lowest BCUT2D eigenvalue weighted by Crippen LogP contribution is -2.07. The summed E-state index contributed by atoms with van der Waals surface area (Å²) in [6, 6.07) is 10.2. The van der Waals surface area contributed by atoms with E-state index < -0.39 is 0 Å². The molecule has 1 nitrogen and oxygen atoms in total. The molecule has 0 unspecified atom stereocenters. The summed E-state index contributed by atoms with van der Waals surface area (Å²) in [5.74, 6) is 0. The monoisotopic (exact) mass is 191 g/mol. The summed E-state index contributed by atoms with van der Waals surface area (Å²) in [5.41, 5.74) is 3.03. The highest BCUT2D eigenvalue weighted by Crippen LogP contribution is 2.05. The van der Waals surface area contributed by atoms with Gasteiger partial charge in [0.2, 0.25) is 0 Å². The molecule has 0 atom stereocenters. The lowest BCUT2D eigenvalue weighted by atomic mass is 10.1. The second kappa shape index (κ2) is 4.37. The van der Waals surface area contributed by atoms with Gasteiger partial charge in [0.25, 0.3) is 0 Å². The van der Waals surface area contributed by atoms with E-state index in [9.17, 15) is 0 Å². The van der Waals surface area contributed by atoms with Gasteiger partial charge in [0.1, 0.15) is 0 Å². The Hall–Kier alpha value is -0.900. The first-order valence-electron chi connectivity index (χ1n) is 4.31. The molecular formula is C11H14NP. The van der Waals surface area contributed by atoms with Crippen LogP contribution in [0, 0.1) is 0 Å². The van der Waals surface area contributed by atoms with Crippen LogP contribution in [0.3, 0.4) is 0 Å². The third-order valence-corrected chi connectivity index (χ3v) is 2.08. The molecule has 0 spiro atoms. The summed E-state index contributed by atoms with van der Waals surface area (Å²) in [6.45, 7) is 6.21. The van der Waals surface area contributed by atoms with Gasteiger partial charge in [-0.25, -0.2) is 4.99 Å². The lowest BCUT2D eigenvalue weighted by Gasteiger charge is -2.07. The predicted molar refractivity (Wildman–Crippen MR) is 60.2 cm³/mol. The quantitative estimate of drug-likeness (QED) is 0.478. The van der Waals surface area contributed by atoms with Gasteiger partial charge in [-0.05, 0) is 32.9 Å². The molecule has 0 aromatic heterocycles. The van der Waals surface area contributed by atoms with Crippen molar-refractivity contribution >= 4 is 19.1 Å². The molecule has 1 aromatic carbocycles. The molecule has 0 aliphatic rings. The Morgan fingerprint density at radius 3 is 2.31 bits per heavy atom. The molecule has 0 aliphatic heterocycles. The molecule has 0 N–H and O–H groups in total. The van der Waals surface area contributed by atoms with E-state index in [1.165, 1.54) is 5.30 Å². The van der Waals surface area contributed by atoms with E-state index in [1.807, 2.05) is 18.2 Å². The van der Waals surface area contributed by atoms with Crippen LogP contribution in [-0.2, 0) is 0 Å². The first-order valence-corrected chi connectivity index (χ1v) is 5.20. The third-order valence-electron chi connectivity index (χ3n) is 1.32. The van der Waals surface area contributed by atoms with Gasteiger partial charge in [0, 0.05) is 19.1 Å². The molecule has 13 heavy (non-hydrogen) atoms. The average Bonchev–Trinajstić information content (AvgIpc) is 2.04. The van der Waals surface area contributed by atoms with Gasteiger partial charge < -0.3 is 0 Å². The Morgan fingerprint density at radius 1 is 1.15 bits per heavy atom. The maximum absolute atomic E-state index is 4.29. The van der Waals surface area contributed by atoms with Crippen LogP contribution in [-0.4, -0.2) is 11.1 Å². The summed E-state index contributed by atoms with van der Waals surface area (Å²) in [4.78, 5) is 4.29. The van der Waals surface area contributed by atoms with Crippen LogP contribution >= 0.6 is 8.20 Å². The van der Waals surface area contributed by atoms with Crippen molar-refractivity contribution in [3.8, 4) is 0 Å². The summed E-state index contributed by atoms with van der Waals surface area (Å²) in [6.07, 6.45) is 0. The summed E-state index contributed by atoms with van der Waals surface area (Å²) in [7, 11) is 1.05. The molecule has 0 saturated carbocycles. The van der Waals surface area contributed by atoms with E-state index >= 15 is 0 Å². The first kappa shape index (κ1) is 10.2. The number of rotatable bonds is 1. The minimum Gasteiger partial charge on any atom is -0.233 e. The van der Waals surface area contributed by atoms with Crippen LogP contribution in [0.1, 0.15) is 20.8 Å². The second-order valence-electron chi connectivity index (χ2n) is 3.83. The molecule has 0 bridgehead atoms. The van der Waals surface area contributed by atoms with Crippen LogP contribution in [0.4, 0.5) is 0 Å². The van der Waals surface area contributed by atoms with Crippen LogP contribution in [0.25, 0.3) is 0 Å². The number of aliphatic imine (C=N–C) groups is 1. The lowest BCUT2D eigenvalue weighted by molar-refractivity contribution is 0.588. The molecule has 1 rings (SSSR count). The zero-order valence-corrected chi connectivity index (χ0v) is 9.18. The van der Waals surface area contributed by atoms with Gasteiger partial charge in [-0.1, -0.05) is 18.2 Å². The number of hydrogen-bond donors (Lipinski definition) is 0. The van der Waals surface area contributed by atoms with Crippen LogP contribution in [0.15, 0.2) is 35.3 Å². The molecule has 0 aliphatic carbocycles. The van der Waals surface area contributed by atoms with Gasteiger partial charge >= 0.3 is 0 Å². The zero-order valence-electron chi connectivity index (χ0n) is 8.28. The Bertz CT molecular complexity index is 316. The van der Waals surface area contributed by atoms with Crippen molar-refractivity contribution in [2.24, 2.45) is 4.99 Å². The van der Waals surface area contributed by atoms with Crippen molar-refractivity contribution < 1.29 is 0 Å². The Labute approximate surface area is 81.3 Å². The van der Waals surface area contributed by atoms with Gasteiger partial charge in [-0.2, -0.15) is 0 Å². The number of hydrogen-bond acceptors (Lipinski definition) is 1. The van der Waals surface area contributed by atoms with Crippen molar-refractivity contribution in [1.29, 1.82) is 0 Å². The molecule has 0 saturated heterocycles. The van der Waals surface area contributed by atoms with Crippen molar-refractivity contribution in [3.63, 3.8) is 0 Å². The molecule has 0 amide bonds. The van der Waals surface area contributed by atoms with E-state index in [4.69, 9.17) is 0 Å². The molecule has 0 radical (unpaired) electrons. The van der Waals surface area contributed by atoms with E-state index in [0.717, 1.165) is 8.20 Å². The highest BCUT2D eigenvalue weighted by atomic mass is 31.1. The highest BCUT2D eigenvalue weighted by Gasteiger charge is 2.03. The van der Waals surface area contributed by atoms with Crippen LogP contribution < -0.4 is 5.30 Å². The molecule has 1 aromatic rings. The van der Waals surface area contributed by atoms with E-state index in [1.54, 1.807) is 0 Å². The van der Waals surface area contributed by atoms with Gasteiger partial charge in [-0.15, -0.1) is 0 Å². The minimum absolute atomic E-state index is 0.0121. The topological polar surface area (TPSA) is 12.4 Å². The number of nitrogens with zero attached hydrogens (tertiary/aromatic N) is 1. The summed E-state index contributed by atoms with van der Waals surface area (Å²) >= 11 is 0. The van der Waals surface area contributed by atoms with Crippen molar-refractivity contribution in [3.05, 3.63) is 30.3 Å². The Morgan fingerprint density at radius 2 is 1.77 bits per heavy atom. The highest BCUT2D eigenvalue weighted by molar-refractivity contribution is 7.46. The summed E-state index contributed by atoms with van der Waals surface area (Å²) < 4.78 is 0. The van der Waals surface area contributed by atoms with Crippen molar-refractivity contribution in [2.45, 2.75) is 26.3 Å². The van der Waals surface area contributed by atoms with E-state index in [0.29, 0.717) is 0 Å². The van der Waals surface area contributed by atoms with Gasteiger partial charge in [-0.3, -0.25) is 0 Å². The number of benzene rings is 1.